The first-order chi connectivity index (χ1) is 14.4. The van der Waals surface area contributed by atoms with Crippen LogP contribution in [-0.4, -0.2) is 51.2 Å². The number of fused-ring (bicyclic) bond motifs is 2. The fourth-order valence-corrected chi connectivity index (χ4v) is 4.21. The summed E-state index contributed by atoms with van der Waals surface area (Å²) in [4.78, 5) is 12.4. The molecular formula is C22H22O8. The van der Waals surface area contributed by atoms with Crippen LogP contribution >= 0.6 is 0 Å². The Bertz CT molecular complexity index is 1060. The van der Waals surface area contributed by atoms with E-state index in [1.807, 2.05) is 0 Å². The van der Waals surface area contributed by atoms with Gasteiger partial charge in [0.15, 0.2) is 23.0 Å². The molecule has 8 heteroatoms. The Hall–Kier alpha value is -3.39. The fraction of sp³-hybridized carbons (Fsp3) is 0.318. The van der Waals surface area contributed by atoms with Gasteiger partial charge in [0.2, 0.25) is 0 Å². The Morgan fingerprint density at radius 3 is 2.17 bits per heavy atom. The van der Waals surface area contributed by atoms with Crippen molar-refractivity contribution in [2.75, 3.05) is 35.0 Å². The van der Waals surface area contributed by atoms with Crippen LogP contribution in [0.15, 0.2) is 35.9 Å². The third-order valence-corrected chi connectivity index (χ3v) is 5.72. The second-order valence-electron chi connectivity index (χ2n) is 7.00. The molecule has 1 fully saturated rings. The molecule has 1 heterocycles. The number of hydrogen-bond acceptors (Lipinski definition) is 8. The molecule has 1 aliphatic carbocycles. The summed E-state index contributed by atoms with van der Waals surface area (Å²) in [6.45, 7) is -0.0865. The first-order valence-corrected chi connectivity index (χ1v) is 9.22. The normalized spacial score (nSPS) is 22.2. The van der Waals surface area contributed by atoms with Gasteiger partial charge in [-0.25, -0.2) is 4.79 Å². The van der Waals surface area contributed by atoms with E-state index in [9.17, 15) is 15.0 Å². The van der Waals surface area contributed by atoms with Gasteiger partial charge < -0.3 is 33.9 Å². The lowest BCUT2D eigenvalue weighted by molar-refractivity contribution is -0.135. The molecule has 8 nitrogen and oxygen atoms in total. The zero-order valence-corrected chi connectivity index (χ0v) is 17.0. The zero-order valence-electron chi connectivity index (χ0n) is 17.0. The Labute approximate surface area is 173 Å². The summed E-state index contributed by atoms with van der Waals surface area (Å²) >= 11 is 0. The Morgan fingerprint density at radius 1 is 0.933 bits per heavy atom. The number of esters is 1. The molecule has 0 aromatic heterocycles. The SMILES string of the molecule is COc1ccc(C2(O)c3cc(OC)c(OC)cc3C(O)=C3C(=O)OCC32)cc1OC. The summed E-state index contributed by atoms with van der Waals surface area (Å²) in [5, 5.41) is 23.0. The van der Waals surface area contributed by atoms with Crippen molar-refractivity contribution in [2.24, 2.45) is 5.92 Å². The molecule has 30 heavy (non-hydrogen) atoms. The van der Waals surface area contributed by atoms with Gasteiger partial charge in [0.1, 0.15) is 18.0 Å². The van der Waals surface area contributed by atoms with E-state index in [2.05, 4.69) is 0 Å². The monoisotopic (exact) mass is 414 g/mol. The third kappa shape index (κ3) is 2.60. The molecule has 2 aromatic carbocycles. The van der Waals surface area contributed by atoms with Crippen LogP contribution in [0, 0.1) is 5.92 Å². The molecule has 2 unspecified atom stereocenters. The van der Waals surface area contributed by atoms with Crippen molar-refractivity contribution >= 4 is 11.7 Å². The van der Waals surface area contributed by atoms with Gasteiger partial charge in [-0.3, -0.25) is 0 Å². The van der Waals surface area contributed by atoms with Crippen molar-refractivity contribution in [3.05, 3.63) is 52.6 Å². The minimum absolute atomic E-state index is 0.0204. The number of aliphatic hydroxyl groups is 2. The summed E-state index contributed by atoms with van der Waals surface area (Å²) in [5.74, 6) is -0.116. The predicted molar refractivity (Wildman–Crippen MR) is 106 cm³/mol. The molecule has 0 amide bonds. The van der Waals surface area contributed by atoms with Crippen molar-refractivity contribution in [1.29, 1.82) is 0 Å². The molecule has 1 saturated heterocycles. The van der Waals surface area contributed by atoms with Crippen molar-refractivity contribution in [2.45, 2.75) is 5.60 Å². The first kappa shape index (κ1) is 19.9. The number of methoxy groups -OCH3 is 4. The van der Waals surface area contributed by atoms with E-state index < -0.39 is 17.5 Å². The molecule has 0 radical (unpaired) electrons. The Morgan fingerprint density at radius 2 is 1.53 bits per heavy atom. The van der Waals surface area contributed by atoms with Gasteiger partial charge in [0.05, 0.1) is 39.9 Å². The first-order valence-electron chi connectivity index (χ1n) is 9.22. The Balaban J connectivity index is 2.04. The summed E-state index contributed by atoms with van der Waals surface area (Å²) in [6.07, 6.45) is 0. The molecule has 0 bridgehead atoms. The maximum absolute atomic E-state index is 12.4. The van der Waals surface area contributed by atoms with Gasteiger partial charge >= 0.3 is 5.97 Å². The lowest BCUT2D eigenvalue weighted by Gasteiger charge is -2.39. The van der Waals surface area contributed by atoms with Crippen LogP contribution in [0.4, 0.5) is 0 Å². The van der Waals surface area contributed by atoms with Crippen LogP contribution in [0.2, 0.25) is 0 Å². The van der Waals surface area contributed by atoms with Crippen LogP contribution in [0.3, 0.4) is 0 Å². The number of carbonyl (C=O) groups is 1. The number of hydrogen-bond donors (Lipinski definition) is 2. The van der Waals surface area contributed by atoms with E-state index in [0.29, 0.717) is 34.1 Å². The second kappa shape index (κ2) is 7.14. The quantitative estimate of drug-likeness (QED) is 0.719. The van der Waals surface area contributed by atoms with E-state index >= 15 is 0 Å². The van der Waals surface area contributed by atoms with E-state index in [-0.39, 0.29) is 23.5 Å². The fourth-order valence-electron chi connectivity index (χ4n) is 4.21. The van der Waals surface area contributed by atoms with E-state index in [1.165, 1.54) is 34.5 Å². The van der Waals surface area contributed by atoms with Crippen LogP contribution in [-0.2, 0) is 15.1 Å². The molecule has 2 N–H and O–H groups in total. The highest BCUT2D eigenvalue weighted by atomic mass is 16.5. The van der Waals surface area contributed by atoms with E-state index in [0.717, 1.165) is 0 Å². The minimum Gasteiger partial charge on any atom is -0.507 e. The molecule has 2 aromatic rings. The van der Waals surface area contributed by atoms with Crippen LogP contribution in [0.25, 0.3) is 5.76 Å². The van der Waals surface area contributed by atoms with Gasteiger partial charge in [-0.15, -0.1) is 0 Å². The van der Waals surface area contributed by atoms with Crippen LogP contribution in [0.5, 0.6) is 23.0 Å². The lowest BCUT2D eigenvalue weighted by Crippen LogP contribution is -2.41. The summed E-state index contributed by atoms with van der Waals surface area (Å²) in [5.41, 5.74) is -0.622. The molecule has 0 saturated carbocycles. The number of ether oxygens (including phenoxy) is 5. The molecule has 1 aliphatic heterocycles. The number of benzene rings is 2. The van der Waals surface area contributed by atoms with Gasteiger partial charge in [-0.05, 0) is 29.8 Å². The van der Waals surface area contributed by atoms with Gasteiger partial charge in [-0.2, -0.15) is 0 Å². The highest BCUT2D eigenvalue weighted by molar-refractivity contribution is 6.00. The predicted octanol–water partition coefficient (Wildman–Crippen LogP) is 2.41. The summed E-state index contributed by atoms with van der Waals surface area (Å²) in [7, 11) is 5.95. The standard InChI is InChI=1S/C22H22O8/c1-26-15-6-5-11(7-16(15)27-2)22(25)13-9-18(29-4)17(28-3)8-12(13)20(23)19-14(22)10-30-21(19)24/h5-9,14,23,25H,10H2,1-4H3. The molecule has 2 aliphatic rings. The van der Waals surface area contributed by atoms with Crippen LogP contribution < -0.4 is 18.9 Å². The maximum atomic E-state index is 12.4. The second-order valence-corrected chi connectivity index (χ2v) is 7.00. The molecule has 158 valence electrons. The number of rotatable bonds is 5. The smallest absolute Gasteiger partial charge is 0.338 e. The molecule has 0 spiro atoms. The molecular weight excluding hydrogens is 392 g/mol. The highest BCUT2D eigenvalue weighted by Crippen LogP contribution is 2.53. The average Bonchev–Trinajstić information content (AvgIpc) is 3.18. The van der Waals surface area contributed by atoms with Crippen LogP contribution in [0.1, 0.15) is 16.7 Å². The molecule has 4 rings (SSSR count). The van der Waals surface area contributed by atoms with Crippen molar-refractivity contribution in [1.82, 2.24) is 0 Å². The van der Waals surface area contributed by atoms with Gasteiger partial charge in [0.25, 0.3) is 0 Å². The Kier molecular flexibility index (Phi) is 4.74. The topological polar surface area (TPSA) is 104 Å². The number of aliphatic hydroxyl groups excluding tert-OH is 1. The van der Waals surface area contributed by atoms with E-state index in [1.54, 1.807) is 24.3 Å². The summed E-state index contributed by atoms with van der Waals surface area (Å²) < 4.78 is 26.6. The minimum atomic E-state index is -1.71. The largest absolute Gasteiger partial charge is 0.507 e. The number of cyclic esters (lactones) is 1. The van der Waals surface area contributed by atoms with Crippen molar-refractivity contribution in [3.8, 4) is 23.0 Å². The third-order valence-electron chi connectivity index (χ3n) is 5.72. The molecule has 2 atom stereocenters. The lowest BCUT2D eigenvalue weighted by atomic mass is 9.68. The maximum Gasteiger partial charge on any atom is 0.338 e. The van der Waals surface area contributed by atoms with Gasteiger partial charge in [-0.1, -0.05) is 6.07 Å². The highest BCUT2D eigenvalue weighted by Gasteiger charge is 2.54. The van der Waals surface area contributed by atoms with Crippen molar-refractivity contribution in [3.63, 3.8) is 0 Å². The van der Waals surface area contributed by atoms with Crippen molar-refractivity contribution < 1.29 is 38.7 Å². The van der Waals surface area contributed by atoms with Gasteiger partial charge in [0, 0.05) is 11.1 Å². The number of carbonyl (C=O) groups excluding carboxylic acids is 1. The summed E-state index contributed by atoms with van der Waals surface area (Å²) in [6, 6.07) is 8.12. The van der Waals surface area contributed by atoms with E-state index in [4.69, 9.17) is 23.7 Å². The zero-order chi connectivity index (χ0) is 21.6. The average molecular weight is 414 g/mol.